The lowest BCUT2D eigenvalue weighted by Gasteiger charge is -2.13. The van der Waals surface area contributed by atoms with Crippen LogP contribution in [0.3, 0.4) is 0 Å². The van der Waals surface area contributed by atoms with Gasteiger partial charge in [0.2, 0.25) is 0 Å². The summed E-state index contributed by atoms with van der Waals surface area (Å²) >= 11 is 3.51. The van der Waals surface area contributed by atoms with Crippen molar-refractivity contribution in [1.82, 2.24) is 4.98 Å². The molecule has 3 N–H and O–H groups in total. The van der Waals surface area contributed by atoms with E-state index in [0.717, 1.165) is 26.8 Å². The topological polar surface area (TPSA) is 50.9 Å². The number of nitrogens with one attached hydrogen (secondary N) is 1. The molecular weight excluding hydrogens is 314 g/mol. The Morgan fingerprint density at radius 1 is 1.15 bits per heavy atom. The lowest BCUT2D eigenvalue weighted by atomic mass is 10.1. The van der Waals surface area contributed by atoms with Crippen LogP contribution in [0.2, 0.25) is 0 Å². The van der Waals surface area contributed by atoms with Crippen LogP contribution in [-0.4, -0.2) is 4.98 Å². The third-order valence-electron chi connectivity index (χ3n) is 3.23. The number of aromatic nitrogens is 1. The van der Waals surface area contributed by atoms with Crippen LogP contribution in [0.1, 0.15) is 5.56 Å². The standard InChI is InChI=1S/C16H14BrN3/c1-10-8-11(6-7-13(10)17)20-16-12-4-2-3-5-15(12)19-9-14(16)18/h2-9H,18H2,1H3,(H,19,20). The maximum Gasteiger partial charge on any atom is 0.0746 e. The van der Waals surface area contributed by atoms with Gasteiger partial charge >= 0.3 is 0 Å². The number of hydrogen-bond donors (Lipinski definition) is 2. The van der Waals surface area contributed by atoms with Gasteiger partial charge in [0, 0.05) is 15.5 Å². The summed E-state index contributed by atoms with van der Waals surface area (Å²) in [6, 6.07) is 14.1. The highest BCUT2D eigenvalue weighted by atomic mass is 79.9. The maximum atomic E-state index is 6.07. The van der Waals surface area contributed by atoms with E-state index in [1.54, 1.807) is 6.20 Å². The van der Waals surface area contributed by atoms with Crippen molar-refractivity contribution in [2.75, 3.05) is 11.1 Å². The summed E-state index contributed by atoms with van der Waals surface area (Å²) in [6.45, 7) is 2.06. The summed E-state index contributed by atoms with van der Waals surface area (Å²) in [6.07, 6.45) is 1.69. The molecule has 1 heterocycles. The van der Waals surface area contributed by atoms with Gasteiger partial charge < -0.3 is 11.1 Å². The molecule has 3 rings (SSSR count). The summed E-state index contributed by atoms with van der Waals surface area (Å²) < 4.78 is 1.09. The first-order valence-corrected chi connectivity index (χ1v) is 7.11. The van der Waals surface area contributed by atoms with Gasteiger partial charge in [0.15, 0.2) is 0 Å². The van der Waals surface area contributed by atoms with E-state index in [0.29, 0.717) is 5.69 Å². The van der Waals surface area contributed by atoms with Crippen molar-refractivity contribution in [1.29, 1.82) is 0 Å². The first-order chi connectivity index (χ1) is 9.65. The molecule has 3 aromatic rings. The molecule has 0 unspecified atom stereocenters. The highest BCUT2D eigenvalue weighted by Crippen LogP contribution is 2.31. The number of halogens is 1. The van der Waals surface area contributed by atoms with Gasteiger partial charge in [0.1, 0.15) is 0 Å². The van der Waals surface area contributed by atoms with E-state index in [-0.39, 0.29) is 0 Å². The van der Waals surface area contributed by atoms with Gasteiger partial charge in [-0.25, -0.2) is 0 Å². The van der Waals surface area contributed by atoms with Crippen LogP contribution in [0.25, 0.3) is 10.9 Å². The van der Waals surface area contributed by atoms with Crippen LogP contribution in [0.15, 0.2) is 53.1 Å². The van der Waals surface area contributed by atoms with Crippen LogP contribution in [-0.2, 0) is 0 Å². The van der Waals surface area contributed by atoms with Crippen LogP contribution in [0.5, 0.6) is 0 Å². The summed E-state index contributed by atoms with van der Waals surface area (Å²) in [5.74, 6) is 0. The van der Waals surface area contributed by atoms with Gasteiger partial charge in [-0.2, -0.15) is 0 Å². The minimum atomic E-state index is 0.643. The fourth-order valence-corrected chi connectivity index (χ4v) is 2.41. The summed E-state index contributed by atoms with van der Waals surface area (Å²) in [5, 5.41) is 4.42. The Hall–Kier alpha value is -2.07. The molecule has 1 aromatic heterocycles. The SMILES string of the molecule is Cc1cc(Nc2c(N)cnc3ccccc23)ccc1Br. The molecule has 0 fully saturated rings. The van der Waals surface area contributed by atoms with Crippen molar-refractivity contribution >= 4 is 43.9 Å². The average Bonchev–Trinajstić information content (AvgIpc) is 2.46. The molecule has 20 heavy (non-hydrogen) atoms. The molecule has 0 radical (unpaired) electrons. The van der Waals surface area contributed by atoms with E-state index in [1.165, 1.54) is 5.56 Å². The first-order valence-electron chi connectivity index (χ1n) is 6.31. The molecule has 0 saturated heterocycles. The Balaban J connectivity index is 2.10. The normalized spacial score (nSPS) is 10.7. The number of pyridine rings is 1. The van der Waals surface area contributed by atoms with E-state index in [2.05, 4.69) is 39.2 Å². The second-order valence-corrected chi connectivity index (χ2v) is 5.55. The molecule has 0 aliphatic carbocycles. The third kappa shape index (κ3) is 2.34. The summed E-state index contributed by atoms with van der Waals surface area (Å²) in [4.78, 5) is 4.34. The fraction of sp³-hybridized carbons (Fsp3) is 0.0625. The van der Waals surface area contributed by atoms with E-state index in [9.17, 15) is 0 Å². The summed E-state index contributed by atoms with van der Waals surface area (Å²) in [5.41, 5.74) is 10.7. The quantitative estimate of drug-likeness (QED) is 0.721. The van der Waals surface area contributed by atoms with Gasteiger partial charge in [-0.05, 0) is 36.8 Å². The zero-order valence-electron chi connectivity index (χ0n) is 11.0. The molecule has 100 valence electrons. The Morgan fingerprint density at radius 2 is 1.95 bits per heavy atom. The molecule has 3 nitrogen and oxygen atoms in total. The van der Waals surface area contributed by atoms with Gasteiger partial charge in [-0.15, -0.1) is 0 Å². The number of fused-ring (bicyclic) bond motifs is 1. The molecule has 0 aliphatic rings. The molecule has 0 amide bonds. The molecule has 0 atom stereocenters. The van der Waals surface area contributed by atoms with Crippen LogP contribution >= 0.6 is 15.9 Å². The number of benzene rings is 2. The number of para-hydroxylation sites is 1. The van der Waals surface area contributed by atoms with Gasteiger partial charge in [0.05, 0.1) is 23.1 Å². The minimum Gasteiger partial charge on any atom is -0.396 e. The van der Waals surface area contributed by atoms with E-state index in [4.69, 9.17) is 5.73 Å². The monoisotopic (exact) mass is 327 g/mol. The molecular formula is C16H14BrN3. The number of nitrogens with two attached hydrogens (primary N) is 1. The number of nitrogen functional groups attached to an aromatic ring is 1. The van der Waals surface area contributed by atoms with Crippen molar-refractivity contribution in [3.05, 3.63) is 58.7 Å². The molecule has 0 spiro atoms. The fourth-order valence-electron chi connectivity index (χ4n) is 2.16. The lowest BCUT2D eigenvalue weighted by molar-refractivity contribution is 1.39. The lowest BCUT2D eigenvalue weighted by Crippen LogP contribution is -1.99. The Kier molecular flexibility index (Phi) is 3.32. The molecule has 0 aliphatic heterocycles. The third-order valence-corrected chi connectivity index (χ3v) is 4.12. The number of anilines is 3. The second-order valence-electron chi connectivity index (χ2n) is 4.69. The largest absolute Gasteiger partial charge is 0.396 e. The zero-order chi connectivity index (χ0) is 14.1. The first kappa shape index (κ1) is 12.9. The van der Waals surface area contributed by atoms with E-state index in [1.807, 2.05) is 36.4 Å². The van der Waals surface area contributed by atoms with Crippen LogP contribution in [0, 0.1) is 6.92 Å². The van der Waals surface area contributed by atoms with Gasteiger partial charge in [-0.3, -0.25) is 4.98 Å². The predicted molar refractivity (Wildman–Crippen MR) is 88.3 cm³/mol. The van der Waals surface area contributed by atoms with Crippen molar-refractivity contribution < 1.29 is 0 Å². The number of hydrogen-bond acceptors (Lipinski definition) is 3. The van der Waals surface area contributed by atoms with Gasteiger partial charge in [-0.1, -0.05) is 34.1 Å². The molecule has 0 bridgehead atoms. The minimum absolute atomic E-state index is 0.643. The number of aryl methyl sites for hydroxylation is 1. The smallest absolute Gasteiger partial charge is 0.0746 e. The van der Waals surface area contributed by atoms with Crippen LogP contribution in [0.4, 0.5) is 17.1 Å². The van der Waals surface area contributed by atoms with Gasteiger partial charge in [0.25, 0.3) is 0 Å². The Bertz CT molecular complexity index is 784. The highest BCUT2D eigenvalue weighted by Gasteiger charge is 2.07. The second kappa shape index (κ2) is 5.13. The van der Waals surface area contributed by atoms with E-state index >= 15 is 0 Å². The maximum absolute atomic E-state index is 6.07. The van der Waals surface area contributed by atoms with Crippen molar-refractivity contribution in [3.63, 3.8) is 0 Å². The van der Waals surface area contributed by atoms with Crippen molar-refractivity contribution in [3.8, 4) is 0 Å². The van der Waals surface area contributed by atoms with Crippen molar-refractivity contribution in [2.24, 2.45) is 0 Å². The summed E-state index contributed by atoms with van der Waals surface area (Å²) in [7, 11) is 0. The average molecular weight is 328 g/mol. The number of rotatable bonds is 2. The van der Waals surface area contributed by atoms with E-state index < -0.39 is 0 Å². The highest BCUT2D eigenvalue weighted by molar-refractivity contribution is 9.10. The molecule has 0 saturated carbocycles. The predicted octanol–water partition coefficient (Wildman–Crippen LogP) is 4.63. The number of nitrogens with zero attached hydrogens (tertiary/aromatic N) is 1. The zero-order valence-corrected chi connectivity index (χ0v) is 12.6. The van der Waals surface area contributed by atoms with Crippen LogP contribution < -0.4 is 11.1 Å². The Labute approximate surface area is 126 Å². The Morgan fingerprint density at radius 3 is 2.75 bits per heavy atom. The molecule has 2 aromatic carbocycles. The molecule has 4 heteroatoms. The van der Waals surface area contributed by atoms with Crippen molar-refractivity contribution in [2.45, 2.75) is 6.92 Å².